The monoisotopic (exact) mass is 298 g/mol. The zero-order valence-electron chi connectivity index (χ0n) is 9.28. The molecule has 2 aromatic rings. The SMILES string of the molecule is CCCn1c(CCS)nc2cc(Br)ccc21. The van der Waals surface area contributed by atoms with E-state index in [0.717, 1.165) is 41.0 Å². The van der Waals surface area contributed by atoms with Crippen LogP contribution in [-0.4, -0.2) is 15.3 Å². The van der Waals surface area contributed by atoms with E-state index in [1.807, 2.05) is 0 Å². The van der Waals surface area contributed by atoms with Crippen molar-refractivity contribution in [2.45, 2.75) is 26.3 Å². The number of thiol groups is 1. The molecule has 0 radical (unpaired) electrons. The molecule has 0 spiro atoms. The molecule has 4 heteroatoms. The van der Waals surface area contributed by atoms with Crippen LogP contribution in [0.5, 0.6) is 0 Å². The van der Waals surface area contributed by atoms with Crippen molar-refractivity contribution in [2.75, 3.05) is 5.75 Å². The standard InChI is InChI=1S/C12H15BrN2S/c1-2-6-15-11-4-3-9(13)8-10(11)14-12(15)5-7-16/h3-4,8,16H,2,5-7H2,1H3. The summed E-state index contributed by atoms with van der Waals surface area (Å²) in [7, 11) is 0. The molecule has 0 bridgehead atoms. The van der Waals surface area contributed by atoms with E-state index in [0.29, 0.717) is 0 Å². The van der Waals surface area contributed by atoms with Crippen LogP contribution in [0.2, 0.25) is 0 Å². The molecule has 0 saturated carbocycles. The van der Waals surface area contributed by atoms with Crippen molar-refractivity contribution in [3.8, 4) is 0 Å². The van der Waals surface area contributed by atoms with E-state index in [9.17, 15) is 0 Å². The Bertz CT molecular complexity index is 493. The summed E-state index contributed by atoms with van der Waals surface area (Å²) in [5.41, 5.74) is 2.29. The summed E-state index contributed by atoms with van der Waals surface area (Å²) in [6.07, 6.45) is 2.05. The molecule has 16 heavy (non-hydrogen) atoms. The van der Waals surface area contributed by atoms with Crippen molar-refractivity contribution < 1.29 is 0 Å². The van der Waals surface area contributed by atoms with E-state index in [1.54, 1.807) is 0 Å². The molecule has 1 aromatic heterocycles. The number of fused-ring (bicyclic) bond motifs is 1. The molecule has 0 N–H and O–H groups in total. The highest BCUT2D eigenvalue weighted by molar-refractivity contribution is 9.10. The minimum Gasteiger partial charge on any atom is -0.328 e. The Balaban J connectivity index is 2.56. The number of halogens is 1. The van der Waals surface area contributed by atoms with Crippen molar-refractivity contribution in [3.05, 3.63) is 28.5 Å². The van der Waals surface area contributed by atoms with Crippen LogP contribution >= 0.6 is 28.6 Å². The summed E-state index contributed by atoms with van der Waals surface area (Å²) >= 11 is 7.77. The Morgan fingerprint density at radius 1 is 1.44 bits per heavy atom. The van der Waals surface area contributed by atoms with Crippen molar-refractivity contribution in [3.63, 3.8) is 0 Å². The summed E-state index contributed by atoms with van der Waals surface area (Å²) in [6.45, 7) is 3.22. The van der Waals surface area contributed by atoms with E-state index >= 15 is 0 Å². The Morgan fingerprint density at radius 2 is 2.25 bits per heavy atom. The summed E-state index contributed by atoms with van der Waals surface area (Å²) in [4.78, 5) is 4.67. The molecule has 1 aromatic carbocycles. The number of rotatable bonds is 4. The zero-order valence-corrected chi connectivity index (χ0v) is 11.8. The summed E-state index contributed by atoms with van der Waals surface area (Å²) in [6, 6.07) is 6.27. The smallest absolute Gasteiger partial charge is 0.110 e. The molecule has 0 amide bonds. The second-order valence-electron chi connectivity index (χ2n) is 3.79. The second-order valence-corrected chi connectivity index (χ2v) is 5.15. The van der Waals surface area contributed by atoms with Gasteiger partial charge in [0.2, 0.25) is 0 Å². The Labute approximate surface area is 110 Å². The normalized spacial score (nSPS) is 11.2. The van der Waals surface area contributed by atoms with Gasteiger partial charge >= 0.3 is 0 Å². The van der Waals surface area contributed by atoms with Crippen molar-refractivity contribution in [2.24, 2.45) is 0 Å². The van der Waals surface area contributed by atoms with Gasteiger partial charge in [0, 0.05) is 17.4 Å². The predicted octanol–water partition coefficient (Wildman–Crippen LogP) is 3.68. The Morgan fingerprint density at radius 3 is 2.94 bits per heavy atom. The molecule has 0 aliphatic carbocycles. The Kier molecular flexibility index (Phi) is 3.92. The van der Waals surface area contributed by atoms with Crippen LogP contribution in [0.1, 0.15) is 19.2 Å². The first-order chi connectivity index (χ1) is 7.76. The van der Waals surface area contributed by atoms with Crippen LogP contribution in [0.3, 0.4) is 0 Å². The number of imidazole rings is 1. The molecular formula is C12H15BrN2S. The van der Waals surface area contributed by atoms with Gasteiger partial charge in [0.15, 0.2) is 0 Å². The highest BCUT2D eigenvalue weighted by Gasteiger charge is 2.09. The third kappa shape index (κ3) is 2.28. The molecule has 0 aliphatic rings. The third-order valence-electron chi connectivity index (χ3n) is 2.57. The number of hydrogen-bond donors (Lipinski definition) is 1. The molecule has 86 valence electrons. The molecule has 0 aliphatic heterocycles. The highest BCUT2D eigenvalue weighted by atomic mass is 79.9. The number of aromatic nitrogens is 2. The lowest BCUT2D eigenvalue weighted by molar-refractivity contribution is 0.661. The highest BCUT2D eigenvalue weighted by Crippen LogP contribution is 2.21. The Hall–Kier alpha value is -0.480. The van der Waals surface area contributed by atoms with Gasteiger partial charge in [-0.2, -0.15) is 12.6 Å². The average Bonchev–Trinajstić information content (AvgIpc) is 2.57. The van der Waals surface area contributed by atoms with E-state index in [4.69, 9.17) is 0 Å². The first-order valence-corrected chi connectivity index (χ1v) is 6.94. The molecule has 0 fully saturated rings. The van der Waals surface area contributed by atoms with Crippen LogP contribution in [0.15, 0.2) is 22.7 Å². The molecule has 2 nitrogen and oxygen atoms in total. The van der Waals surface area contributed by atoms with E-state index in [2.05, 4.69) is 63.2 Å². The van der Waals surface area contributed by atoms with Crippen LogP contribution in [0, 0.1) is 0 Å². The fourth-order valence-electron chi connectivity index (χ4n) is 1.92. The van der Waals surface area contributed by atoms with Gasteiger partial charge in [-0.3, -0.25) is 0 Å². The number of aryl methyl sites for hydroxylation is 2. The lowest BCUT2D eigenvalue weighted by Crippen LogP contribution is -2.03. The number of benzene rings is 1. The largest absolute Gasteiger partial charge is 0.328 e. The minimum absolute atomic E-state index is 0.841. The summed E-state index contributed by atoms with van der Waals surface area (Å²) < 4.78 is 3.39. The predicted molar refractivity (Wildman–Crippen MR) is 75.3 cm³/mol. The van der Waals surface area contributed by atoms with Gasteiger partial charge in [0.1, 0.15) is 5.82 Å². The van der Waals surface area contributed by atoms with Gasteiger partial charge in [-0.15, -0.1) is 0 Å². The number of nitrogens with zero attached hydrogens (tertiary/aromatic N) is 2. The van der Waals surface area contributed by atoms with Crippen molar-refractivity contribution in [1.82, 2.24) is 9.55 Å². The van der Waals surface area contributed by atoms with Gasteiger partial charge < -0.3 is 4.57 Å². The summed E-state index contributed by atoms with van der Waals surface area (Å²) in [5, 5.41) is 0. The second kappa shape index (κ2) is 5.23. The van der Waals surface area contributed by atoms with Crippen LogP contribution in [0.4, 0.5) is 0 Å². The van der Waals surface area contributed by atoms with Gasteiger partial charge in [-0.25, -0.2) is 4.98 Å². The van der Waals surface area contributed by atoms with Crippen LogP contribution in [0.25, 0.3) is 11.0 Å². The lowest BCUT2D eigenvalue weighted by atomic mass is 10.3. The molecule has 0 atom stereocenters. The van der Waals surface area contributed by atoms with E-state index in [-0.39, 0.29) is 0 Å². The zero-order chi connectivity index (χ0) is 11.5. The van der Waals surface area contributed by atoms with Gasteiger partial charge in [0.25, 0.3) is 0 Å². The van der Waals surface area contributed by atoms with Gasteiger partial charge in [-0.05, 0) is 30.4 Å². The van der Waals surface area contributed by atoms with Gasteiger partial charge in [0.05, 0.1) is 11.0 Å². The topological polar surface area (TPSA) is 17.8 Å². The molecule has 1 heterocycles. The maximum absolute atomic E-state index is 4.67. The first kappa shape index (κ1) is 12.0. The molecule has 2 rings (SSSR count). The quantitative estimate of drug-likeness (QED) is 0.853. The van der Waals surface area contributed by atoms with Crippen LogP contribution < -0.4 is 0 Å². The summed E-state index contributed by atoms with van der Waals surface area (Å²) in [5.74, 6) is 1.98. The molecule has 0 unspecified atom stereocenters. The maximum atomic E-state index is 4.67. The fourth-order valence-corrected chi connectivity index (χ4v) is 2.47. The fraction of sp³-hybridized carbons (Fsp3) is 0.417. The molecular weight excluding hydrogens is 284 g/mol. The lowest BCUT2D eigenvalue weighted by Gasteiger charge is -2.06. The van der Waals surface area contributed by atoms with E-state index in [1.165, 1.54) is 5.52 Å². The maximum Gasteiger partial charge on any atom is 0.110 e. The van der Waals surface area contributed by atoms with Gasteiger partial charge in [-0.1, -0.05) is 22.9 Å². The molecule has 0 saturated heterocycles. The minimum atomic E-state index is 0.841. The van der Waals surface area contributed by atoms with Crippen molar-refractivity contribution >= 4 is 39.6 Å². The van der Waals surface area contributed by atoms with Crippen molar-refractivity contribution in [1.29, 1.82) is 0 Å². The average molecular weight is 299 g/mol. The first-order valence-electron chi connectivity index (χ1n) is 5.51. The van der Waals surface area contributed by atoms with E-state index < -0.39 is 0 Å². The third-order valence-corrected chi connectivity index (χ3v) is 3.29. The van der Waals surface area contributed by atoms with Crippen LogP contribution in [-0.2, 0) is 13.0 Å². The number of hydrogen-bond acceptors (Lipinski definition) is 2.